The van der Waals surface area contributed by atoms with E-state index in [1.54, 1.807) is 25.1 Å². The molecular formula is C19H12BrClF3NO4. The van der Waals surface area contributed by atoms with Crippen molar-refractivity contribution in [2.45, 2.75) is 13.1 Å². The zero-order chi connectivity index (χ0) is 21.3. The summed E-state index contributed by atoms with van der Waals surface area (Å²) in [7, 11) is 0. The van der Waals surface area contributed by atoms with Crippen molar-refractivity contribution < 1.29 is 31.9 Å². The van der Waals surface area contributed by atoms with Crippen LogP contribution in [0.15, 0.2) is 45.3 Å². The Kier molecular flexibility index (Phi) is 5.90. The molecule has 0 aliphatic rings. The summed E-state index contributed by atoms with van der Waals surface area (Å²) in [5.74, 6) is -1.99. The van der Waals surface area contributed by atoms with E-state index in [9.17, 15) is 22.8 Å². The van der Waals surface area contributed by atoms with Crippen molar-refractivity contribution in [2.24, 2.45) is 0 Å². The quantitative estimate of drug-likeness (QED) is 0.458. The van der Waals surface area contributed by atoms with E-state index >= 15 is 0 Å². The van der Waals surface area contributed by atoms with Crippen LogP contribution in [0.4, 0.5) is 18.9 Å². The van der Waals surface area contributed by atoms with E-state index in [0.29, 0.717) is 16.5 Å². The number of ether oxygens (including phenoxy) is 1. The topological polar surface area (TPSA) is 68.5 Å². The van der Waals surface area contributed by atoms with Gasteiger partial charge < -0.3 is 14.5 Å². The number of nitrogens with one attached hydrogen (secondary N) is 1. The molecule has 3 rings (SSSR count). The van der Waals surface area contributed by atoms with Gasteiger partial charge in [0, 0.05) is 15.4 Å². The van der Waals surface area contributed by atoms with Crippen LogP contribution in [0.25, 0.3) is 11.0 Å². The number of anilines is 1. The zero-order valence-corrected chi connectivity index (χ0v) is 17.0. The molecule has 0 spiro atoms. The number of rotatable bonds is 4. The number of aryl methyl sites for hydroxylation is 1. The first-order chi connectivity index (χ1) is 13.6. The number of halogens is 5. The lowest BCUT2D eigenvalue weighted by Gasteiger charge is -2.15. The van der Waals surface area contributed by atoms with Gasteiger partial charge in [-0.25, -0.2) is 4.79 Å². The normalized spacial score (nSPS) is 11.5. The predicted octanol–water partition coefficient (Wildman–Crippen LogP) is 5.97. The van der Waals surface area contributed by atoms with Gasteiger partial charge >= 0.3 is 12.1 Å². The van der Waals surface area contributed by atoms with Gasteiger partial charge in [-0.05, 0) is 37.3 Å². The van der Waals surface area contributed by atoms with Gasteiger partial charge in [-0.3, -0.25) is 4.79 Å². The van der Waals surface area contributed by atoms with Gasteiger partial charge in [0.05, 0.1) is 16.3 Å². The maximum atomic E-state index is 13.1. The lowest BCUT2D eigenvalue weighted by Crippen LogP contribution is -2.23. The molecule has 0 unspecified atom stereocenters. The maximum Gasteiger partial charge on any atom is 0.418 e. The Morgan fingerprint density at radius 2 is 1.97 bits per heavy atom. The van der Waals surface area contributed by atoms with Gasteiger partial charge in [0.1, 0.15) is 5.58 Å². The molecule has 0 aliphatic carbocycles. The van der Waals surface area contributed by atoms with Crippen LogP contribution in [0, 0.1) is 6.92 Å². The minimum Gasteiger partial charge on any atom is -0.450 e. The van der Waals surface area contributed by atoms with Gasteiger partial charge in [-0.1, -0.05) is 33.6 Å². The zero-order valence-electron chi connectivity index (χ0n) is 14.7. The summed E-state index contributed by atoms with van der Waals surface area (Å²) in [6.07, 6.45) is -4.72. The maximum absolute atomic E-state index is 13.1. The molecule has 0 saturated heterocycles. The van der Waals surface area contributed by atoms with Crippen LogP contribution >= 0.6 is 27.5 Å². The molecule has 0 radical (unpaired) electrons. The van der Waals surface area contributed by atoms with Gasteiger partial charge in [-0.2, -0.15) is 13.2 Å². The second-order valence-electron chi connectivity index (χ2n) is 5.98. The highest BCUT2D eigenvalue weighted by atomic mass is 79.9. The highest BCUT2D eigenvalue weighted by molar-refractivity contribution is 9.10. The number of para-hydroxylation sites is 1. The third-order valence-corrected chi connectivity index (χ3v) is 4.81. The molecule has 1 heterocycles. The molecule has 0 atom stereocenters. The number of carbonyl (C=O) groups is 2. The van der Waals surface area contributed by atoms with Crippen molar-refractivity contribution in [3.05, 3.63) is 62.8 Å². The van der Waals surface area contributed by atoms with E-state index in [2.05, 4.69) is 15.9 Å². The average Bonchev–Trinajstić information content (AvgIpc) is 2.97. The monoisotopic (exact) mass is 489 g/mol. The predicted molar refractivity (Wildman–Crippen MR) is 104 cm³/mol. The summed E-state index contributed by atoms with van der Waals surface area (Å²) in [4.78, 5) is 24.3. The number of fused-ring (bicyclic) bond motifs is 1. The molecule has 0 fully saturated rings. The standard InChI is InChI=1S/C19H12BrClF3NO4/c1-9-11-7-10(20)5-6-14(11)29-17(9)18(27)28-8-15(26)25-16-12(19(22,23)24)3-2-4-13(16)21/h2-7H,8H2,1H3,(H,25,26). The van der Waals surface area contributed by atoms with Crippen LogP contribution < -0.4 is 5.32 Å². The first-order valence-electron chi connectivity index (χ1n) is 8.09. The number of hydrogen-bond donors (Lipinski definition) is 1. The molecule has 1 aromatic heterocycles. The Labute approximate surface area is 175 Å². The number of benzene rings is 2. The van der Waals surface area contributed by atoms with Crippen molar-refractivity contribution in [1.82, 2.24) is 0 Å². The molecule has 29 heavy (non-hydrogen) atoms. The number of esters is 1. The van der Waals surface area contributed by atoms with Crippen LogP contribution in [-0.2, 0) is 15.7 Å². The highest BCUT2D eigenvalue weighted by Gasteiger charge is 2.35. The Bertz CT molecular complexity index is 1110. The number of alkyl halides is 3. The van der Waals surface area contributed by atoms with Crippen LogP contribution in [0.1, 0.15) is 21.7 Å². The number of carbonyl (C=O) groups excluding carboxylic acids is 2. The third-order valence-electron chi connectivity index (χ3n) is 4.00. The van der Waals surface area contributed by atoms with E-state index in [0.717, 1.165) is 16.6 Å². The molecule has 0 saturated carbocycles. The Morgan fingerprint density at radius 1 is 1.24 bits per heavy atom. The van der Waals surface area contributed by atoms with Crippen LogP contribution in [0.3, 0.4) is 0 Å². The summed E-state index contributed by atoms with van der Waals surface area (Å²) in [5, 5.41) is 2.42. The van der Waals surface area contributed by atoms with Crippen molar-refractivity contribution in [1.29, 1.82) is 0 Å². The van der Waals surface area contributed by atoms with Crippen LogP contribution in [0.5, 0.6) is 0 Å². The van der Waals surface area contributed by atoms with Gasteiger partial charge in [0.2, 0.25) is 5.76 Å². The Balaban J connectivity index is 1.72. The SMILES string of the molecule is Cc1c(C(=O)OCC(=O)Nc2c(Cl)cccc2C(F)(F)F)oc2ccc(Br)cc12. The van der Waals surface area contributed by atoms with Crippen LogP contribution in [-0.4, -0.2) is 18.5 Å². The first kappa shape index (κ1) is 21.2. The molecule has 0 bridgehead atoms. The molecule has 0 aliphatic heterocycles. The Morgan fingerprint density at radius 3 is 2.66 bits per heavy atom. The number of furan rings is 1. The molecule has 152 valence electrons. The first-order valence-corrected chi connectivity index (χ1v) is 9.26. The minimum atomic E-state index is -4.72. The summed E-state index contributed by atoms with van der Waals surface area (Å²) in [5.41, 5.74) is -0.749. The summed E-state index contributed by atoms with van der Waals surface area (Å²) in [6.45, 7) is 0.829. The molecular weight excluding hydrogens is 479 g/mol. The summed E-state index contributed by atoms with van der Waals surface area (Å²) in [6, 6.07) is 8.25. The molecule has 1 amide bonds. The van der Waals surface area contributed by atoms with Gasteiger partial charge in [0.15, 0.2) is 6.61 Å². The lowest BCUT2D eigenvalue weighted by atomic mass is 10.1. The van der Waals surface area contributed by atoms with Crippen molar-refractivity contribution >= 4 is 56.1 Å². The van der Waals surface area contributed by atoms with E-state index in [4.69, 9.17) is 20.8 Å². The van der Waals surface area contributed by atoms with Gasteiger partial charge in [-0.15, -0.1) is 0 Å². The fraction of sp³-hybridized carbons (Fsp3) is 0.158. The van der Waals surface area contributed by atoms with Crippen molar-refractivity contribution in [2.75, 3.05) is 11.9 Å². The number of hydrogen-bond acceptors (Lipinski definition) is 4. The molecule has 5 nitrogen and oxygen atoms in total. The highest BCUT2D eigenvalue weighted by Crippen LogP contribution is 2.38. The van der Waals surface area contributed by atoms with Gasteiger partial charge in [0.25, 0.3) is 5.91 Å². The fourth-order valence-electron chi connectivity index (χ4n) is 2.65. The molecule has 10 heteroatoms. The average molecular weight is 491 g/mol. The third kappa shape index (κ3) is 4.56. The minimum absolute atomic E-state index is 0.0976. The van der Waals surface area contributed by atoms with Crippen molar-refractivity contribution in [3.8, 4) is 0 Å². The lowest BCUT2D eigenvalue weighted by molar-refractivity contribution is -0.137. The van der Waals surface area contributed by atoms with Crippen LogP contribution in [0.2, 0.25) is 5.02 Å². The second kappa shape index (κ2) is 8.08. The smallest absolute Gasteiger partial charge is 0.418 e. The summed E-state index contributed by atoms with van der Waals surface area (Å²) < 4.78 is 50.4. The van der Waals surface area contributed by atoms with E-state index in [1.807, 2.05) is 5.32 Å². The molecule has 1 N–H and O–H groups in total. The largest absolute Gasteiger partial charge is 0.450 e. The summed E-state index contributed by atoms with van der Waals surface area (Å²) >= 11 is 9.09. The number of amides is 1. The fourth-order valence-corrected chi connectivity index (χ4v) is 3.23. The molecule has 3 aromatic rings. The van der Waals surface area contributed by atoms with E-state index in [-0.39, 0.29) is 10.8 Å². The van der Waals surface area contributed by atoms with Crippen molar-refractivity contribution in [3.63, 3.8) is 0 Å². The van der Waals surface area contributed by atoms with E-state index in [1.165, 1.54) is 6.07 Å². The second-order valence-corrected chi connectivity index (χ2v) is 7.30. The Hall–Kier alpha value is -2.52. The molecule has 2 aromatic carbocycles. The van der Waals surface area contributed by atoms with E-state index < -0.39 is 35.9 Å².